The normalized spacial score (nSPS) is 20.8. The van der Waals surface area contributed by atoms with Crippen LogP contribution in [0, 0.1) is 0 Å². The maximum atomic E-state index is 12.7. The zero-order valence-corrected chi connectivity index (χ0v) is 16.2. The van der Waals surface area contributed by atoms with E-state index in [1.165, 1.54) is 11.3 Å². The van der Waals surface area contributed by atoms with E-state index in [0.717, 1.165) is 56.3 Å². The number of nitrogens with one attached hydrogen (secondary N) is 1. The minimum Gasteiger partial charge on any atom is -0.472 e. The number of rotatable bonds is 3. The lowest BCUT2D eigenvalue weighted by molar-refractivity contribution is 0.0768. The van der Waals surface area contributed by atoms with Crippen LogP contribution in [-0.4, -0.2) is 66.0 Å². The lowest BCUT2D eigenvalue weighted by Crippen LogP contribution is -2.49. The van der Waals surface area contributed by atoms with Crippen molar-refractivity contribution in [2.75, 3.05) is 39.3 Å². The highest BCUT2D eigenvalue weighted by Gasteiger charge is 2.32. The second-order valence-electron chi connectivity index (χ2n) is 6.03. The molecule has 0 spiro atoms. The summed E-state index contributed by atoms with van der Waals surface area (Å²) in [6.45, 7) is 5.89. The second kappa shape index (κ2) is 9.00. The van der Waals surface area contributed by atoms with Crippen molar-refractivity contribution in [1.82, 2.24) is 20.1 Å². The minimum atomic E-state index is 0. The summed E-state index contributed by atoms with van der Waals surface area (Å²) < 4.78 is 5.08. The quantitative estimate of drug-likeness (QED) is 0.850. The van der Waals surface area contributed by atoms with Crippen molar-refractivity contribution in [1.29, 1.82) is 0 Å². The van der Waals surface area contributed by atoms with Gasteiger partial charge in [-0.2, -0.15) is 0 Å². The number of thiazole rings is 1. The third-order valence-electron chi connectivity index (χ3n) is 4.61. The predicted molar refractivity (Wildman–Crippen MR) is 103 cm³/mol. The molecule has 1 atom stereocenters. The molecule has 9 heteroatoms. The number of furan rings is 1. The van der Waals surface area contributed by atoms with E-state index in [-0.39, 0.29) is 30.7 Å². The van der Waals surface area contributed by atoms with Gasteiger partial charge in [-0.25, -0.2) is 4.98 Å². The fourth-order valence-corrected chi connectivity index (χ4v) is 4.10. The van der Waals surface area contributed by atoms with E-state index in [4.69, 9.17) is 4.42 Å². The fraction of sp³-hybridized carbons (Fsp3) is 0.500. The maximum Gasteiger partial charge on any atom is 0.273 e. The van der Waals surface area contributed by atoms with Crippen molar-refractivity contribution in [3.8, 4) is 10.6 Å². The first-order valence-corrected chi connectivity index (χ1v) is 8.91. The van der Waals surface area contributed by atoms with Crippen LogP contribution >= 0.6 is 36.2 Å². The third-order valence-corrected chi connectivity index (χ3v) is 5.50. The third kappa shape index (κ3) is 4.35. The number of aromatic nitrogens is 1. The van der Waals surface area contributed by atoms with Crippen LogP contribution in [0.2, 0.25) is 0 Å². The Labute approximate surface area is 163 Å². The smallest absolute Gasteiger partial charge is 0.273 e. The lowest BCUT2D eigenvalue weighted by atomic mass is 10.2. The van der Waals surface area contributed by atoms with Crippen molar-refractivity contribution in [3.05, 3.63) is 29.7 Å². The van der Waals surface area contributed by atoms with Gasteiger partial charge in [0.05, 0.1) is 6.26 Å². The van der Waals surface area contributed by atoms with Gasteiger partial charge in [-0.05, 0) is 12.5 Å². The van der Waals surface area contributed by atoms with Crippen molar-refractivity contribution < 1.29 is 9.21 Å². The molecule has 4 heterocycles. The summed E-state index contributed by atoms with van der Waals surface area (Å²) in [5, 5.41) is 6.06. The van der Waals surface area contributed by atoms with Gasteiger partial charge >= 0.3 is 0 Å². The summed E-state index contributed by atoms with van der Waals surface area (Å²) in [5.74, 6) is 0.0497. The second-order valence-corrected chi connectivity index (χ2v) is 6.89. The van der Waals surface area contributed by atoms with E-state index < -0.39 is 0 Å². The van der Waals surface area contributed by atoms with Gasteiger partial charge in [0.25, 0.3) is 5.91 Å². The topological polar surface area (TPSA) is 61.6 Å². The van der Waals surface area contributed by atoms with Gasteiger partial charge in [0, 0.05) is 56.3 Å². The summed E-state index contributed by atoms with van der Waals surface area (Å²) >= 11 is 1.49. The number of likely N-dealkylation sites (tertiary alicyclic amines) is 1. The van der Waals surface area contributed by atoms with Gasteiger partial charge in [-0.15, -0.1) is 36.2 Å². The van der Waals surface area contributed by atoms with Crippen LogP contribution in [-0.2, 0) is 0 Å². The van der Waals surface area contributed by atoms with Gasteiger partial charge in [-0.3, -0.25) is 9.69 Å². The molecule has 4 rings (SSSR count). The number of hydrogen-bond acceptors (Lipinski definition) is 6. The number of carbonyl (C=O) groups is 1. The van der Waals surface area contributed by atoms with E-state index >= 15 is 0 Å². The van der Waals surface area contributed by atoms with Crippen LogP contribution in [0.1, 0.15) is 16.9 Å². The summed E-state index contributed by atoms with van der Waals surface area (Å²) in [7, 11) is 0. The Morgan fingerprint density at radius 1 is 1.28 bits per heavy atom. The van der Waals surface area contributed by atoms with Gasteiger partial charge in [0.1, 0.15) is 17.0 Å². The van der Waals surface area contributed by atoms with E-state index in [1.807, 2.05) is 16.3 Å². The molecular formula is C16H22Cl2N4O2S. The summed E-state index contributed by atoms with van der Waals surface area (Å²) in [6.07, 6.45) is 4.34. The van der Waals surface area contributed by atoms with Crippen LogP contribution in [0.25, 0.3) is 10.6 Å². The lowest BCUT2D eigenvalue weighted by Gasteiger charge is -2.32. The molecule has 1 unspecified atom stereocenters. The molecule has 2 aliphatic heterocycles. The standard InChI is InChI=1S/C16H20N4O2S.2ClH/c21-16(14-11-23-15(18-14)12-2-8-22-10-12)20-5-1-13(9-20)19-6-3-17-4-7-19;;/h2,8,10-11,13,17H,1,3-7,9H2;2*1H. The van der Waals surface area contributed by atoms with Gasteiger partial charge in [0.2, 0.25) is 0 Å². The predicted octanol–water partition coefficient (Wildman–Crippen LogP) is 2.37. The van der Waals surface area contributed by atoms with E-state index in [1.54, 1.807) is 12.5 Å². The number of piperazine rings is 1. The SMILES string of the molecule is Cl.Cl.O=C(c1csc(-c2ccoc2)n1)N1CCC(N2CCNCC2)C1. The molecule has 6 nitrogen and oxygen atoms in total. The molecule has 2 aromatic rings. The first-order chi connectivity index (χ1) is 11.3. The minimum absolute atomic E-state index is 0. The number of nitrogens with zero attached hydrogens (tertiary/aromatic N) is 3. The van der Waals surface area contributed by atoms with Crippen LogP contribution in [0.15, 0.2) is 28.4 Å². The number of carbonyl (C=O) groups excluding carboxylic acids is 1. The number of amides is 1. The van der Waals surface area contributed by atoms with Crippen molar-refractivity contribution >= 4 is 42.1 Å². The summed E-state index contributed by atoms with van der Waals surface area (Å²) in [6, 6.07) is 2.36. The van der Waals surface area contributed by atoms with Crippen LogP contribution < -0.4 is 5.32 Å². The van der Waals surface area contributed by atoms with Crippen molar-refractivity contribution in [2.24, 2.45) is 0 Å². The molecular weight excluding hydrogens is 383 g/mol. The summed E-state index contributed by atoms with van der Waals surface area (Å²) in [5.41, 5.74) is 1.47. The number of halogens is 2. The molecule has 0 aromatic carbocycles. The molecule has 0 saturated carbocycles. The molecule has 0 bridgehead atoms. The molecule has 2 fully saturated rings. The van der Waals surface area contributed by atoms with Crippen LogP contribution in [0.3, 0.4) is 0 Å². The molecule has 2 aliphatic rings. The Morgan fingerprint density at radius 3 is 2.80 bits per heavy atom. The average Bonchev–Trinajstić information content (AvgIpc) is 3.35. The molecule has 0 aliphatic carbocycles. The van der Waals surface area contributed by atoms with Crippen LogP contribution in [0.5, 0.6) is 0 Å². The largest absolute Gasteiger partial charge is 0.472 e. The average molecular weight is 405 g/mol. The van der Waals surface area contributed by atoms with Crippen molar-refractivity contribution in [2.45, 2.75) is 12.5 Å². The van der Waals surface area contributed by atoms with Gasteiger partial charge in [0.15, 0.2) is 0 Å². The van der Waals surface area contributed by atoms with E-state index in [9.17, 15) is 4.79 Å². The highest BCUT2D eigenvalue weighted by Crippen LogP contribution is 2.25. The van der Waals surface area contributed by atoms with Gasteiger partial charge in [-0.1, -0.05) is 0 Å². The molecule has 1 amide bonds. The molecule has 1 N–H and O–H groups in total. The fourth-order valence-electron chi connectivity index (χ4n) is 3.32. The molecule has 2 aromatic heterocycles. The zero-order chi connectivity index (χ0) is 15.6. The van der Waals surface area contributed by atoms with Crippen molar-refractivity contribution in [3.63, 3.8) is 0 Å². The Morgan fingerprint density at radius 2 is 2.08 bits per heavy atom. The highest BCUT2D eigenvalue weighted by atomic mass is 35.5. The Balaban J connectivity index is 0.00000113. The Kier molecular flexibility index (Phi) is 7.27. The maximum absolute atomic E-state index is 12.7. The van der Waals surface area contributed by atoms with E-state index in [0.29, 0.717) is 11.7 Å². The first kappa shape index (κ1) is 20.2. The molecule has 25 heavy (non-hydrogen) atoms. The monoisotopic (exact) mass is 404 g/mol. The zero-order valence-electron chi connectivity index (χ0n) is 13.7. The van der Waals surface area contributed by atoms with Crippen LogP contribution in [0.4, 0.5) is 0 Å². The molecule has 138 valence electrons. The van der Waals surface area contributed by atoms with Gasteiger partial charge < -0.3 is 14.6 Å². The van der Waals surface area contributed by atoms with E-state index in [2.05, 4.69) is 15.2 Å². The Bertz CT molecular complexity index is 673. The highest BCUT2D eigenvalue weighted by molar-refractivity contribution is 7.13. The summed E-state index contributed by atoms with van der Waals surface area (Å²) in [4.78, 5) is 21.6. The number of hydrogen-bond donors (Lipinski definition) is 1. The Hall–Kier alpha value is -1.12. The molecule has 0 radical (unpaired) electrons. The molecule has 2 saturated heterocycles. The first-order valence-electron chi connectivity index (χ1n) is 8.03.